The van der Waals surface area contributed by atoms with Gasteiger partial charge in [0.05, 0.1) is 5.41 Å². The molecule has 5 heteroatoms. The van der Waals surface area contributed by atoms with Crippen molar-refractivity contribution in [2.45, 2.75) is 19.3 Å². The lowest BCUT2D eigenvalue weighted by atomic mass is 9.85. The van der Waals surface area contributed by atoms with E-state index >= 15 is 0 Å². The first kappa shape index (κ1) is 14.2. The fourth-order valence-electron chi connectivity index (χ4n) is 1.42. The van der Waals surface area contributed by atoms with Crippen LogP contribution in [0.1, 0.15) is 19.4 Å². The molecule has 0 atom stereocenters. The molecule has 0 radical (unpaired) electrons. The summed E-state index contributed by atoms with van der Waals surface area (Å²) in [6.45, 7) is 3.25. The standard InChI is InChI=1S/C13H17NO4/c1-13(2,12(16)17)9-4-6-10(7-5-9)14-11(15)8-18-3/h4-7H,8H2,1-3H3,(H,14,15)(H,16,17). The molecule has 98 valence electrons. The second-order valence-corrected chi connectivity index (χ2v) is 4.49. The van der Waals surface area contributed by atoms with E-state index in [-0.39, 0.29) is 12.5 Å². The maximum atomic E-state index is 11.3. The van der Waals surface area contributed by atoms with Crippen LogP contribution in [0.4, 0.5) is 5.69 Å². The maximum absolute atomic E-state index is 11.3. The molecule has 0 fully saturated rings. The number of rotatable bonds is 5. The lowest BCUT2D eigenvalue weighted by Gasteiger charge is -2.19. The maximum Gasteiger partial charge on any atom is 0.313 e. The second-order valence-electron chi connectivity index (χ2n) is 4.49. The van der Waals surface area contributed by atoms with Crippen molar-refractivity contribution < 1.29 is 19.4 Å². The van der Waals surface area contributed by atoms with Crippen molar-refractivity contribution in [1.82, 2.24) is 0 Å². The number of amides is 1. The molecule has 0 saturated carbocycles. The third kappa shape index (κ3) is 3.30. The summed E-state index contributed by atoms with van der Waals surface area (Å²) in [6.07, 6.45) is 0. The number of carboxylic acids is 1. The highest BCUT2D eigenvalue weighted by Crippen LogP contribution is 2.24. The van der Waals surface area contributed by atoms with E-state index in [9.17, 15) is 9.59 Å². The Morgan fingerprint density at radius 2 is 1.83 bits per heavy atom. The van der Waals surface area contributed by atoms with Crippen LogP contribution in [-0.2, 0) is 19.7 Å². The van der Waals surface area contributed by atoms with Crippen LogP contribution in [0.25, 0.3) is 0 Å². The summed E-state index contributed by atoms with van der Waals surface area (Å²) >= 11 is 0. The van der Waals surface area contributed by atoms with Gasteiger partial charge in [-0.2, -0.15) is 0 Å². The summed E-state index contributed by atoms with van der Waals surface area (Å²) in [5.74, 6) is -1.14. The van der Waals surface area contributed by atoms with Crippen LogP contribution in [0, 0.1) is 0 Å². The van der Waals surface area contributed by atoms with Gasteiger partial charge in [0.1, 0.15) is 6.61 Å². The first-order chi connectivity index (χ1) is 8.37. The van der Waals surface area contributed by atoms with Gasteiger partial charge >= 0.3 is 5.97 Å². The molecule has 2 N–H and O–H groups in total. The molecule has 0 saturated heterocycles. The van der Waals surface area contributed by atoms with Crippen molar-refractivity contribution in [2.75, 3.05) is 19.0 Å². The molecule has 0 aromatic heterocycles. The molecule has 5 nitrogen and oxygen atoms in total. The number of hydrogen-bond donors (Lipinski definition) is 2. The number of methoxy groups -OCH3 is 1. The summed E-state index contributed by atoms with van der Waals surface area (Å²) < 4.78 is 4.70. The third-order valence-corrected chi connectivity index (χ3v) is 2.70. The van der Waals surface area contributed by atoms with Gasteiger partial charge in [0, 0.05) is 12.8 Å². The number of anilines is 1. The summed E-state index contributed by atoms with van der Waals surface area (Å²) in [5, 5.41) is 11.7. The minimum atomic E-state index is -0.949. The smallest absolute Gasteiger partial charge is 0.313 e. The zero-order chi connectivity index (χ0) is 13.8. The number of benzene rings is 1. The lowest BCUT2D eigenvalue weighted by Crippen LogP contribution is -2.28. The number of carbonyl (C=O) groups excluding carboxylic acids is 1. The number of aliphatic carboxylic acids is 1. The minimum absolute atomic E-state index is 0.0115. The quantitative estimate of drug-likeness (QED) is 0.834. The zero-order valence-corrected chi connectivity index (χ0v) is 10.7. The van der Waals surface area contributed by atoms with E-state index in [2.05, 4.69) is 5.32 Å². The minimum Gasteiger partial charge on any atom is -0.481 e. The van der Waals surface area contributed by atoms with Gasteiger partial charge in [0.2, 0.25) is 5.91 Å². The Hall–Kier alpha value is -1.88. The van der Waals surface area contributed by atoms with Crippen molar-refractivity contribution in [3.63, 3.8) is 0 Å². The largest absolute Gasteiger partial charge is 0.481 e. The Balaban J connectivity index is 2.80. The fraction of sp³-hybridized carbons (Fsp3) is 0.385. The Morgan fingerprint density at radius 1 is 1.28 bits per heavy atom. The van der Waals surface area contributed by atoms with E-state index in [0.29, 0.717) is 11.3 Å². The fourth-order valence-corrected chi connectivity index (χ4v) is 1.42. The molecule has 1 aromatic rings. The van der Waals surface area contributed by atoms with Gasteiger partial charge in [0.15, 0.2) is 0 Å². The van der Waals surface area contributed by atoms with Crippen LogP contribution in [0.3, 0.4) is 0 Å². The molecule has 0 unspecified atom stereocenters. The Labute approximate surface area is 106 Å². The second kappa shape index (κ2) is 5.64. The summed E-state index contributed by atoms with van der Waals surface area (Å²) in [6, 6.07) is 6.73. The van der Waals surface area contributed by atoms with Gasteiger partial charge in [-0.3, -0.25) is 9.59 Å². The monoisotopic (exact) mass is 251 g/mol. The first-order valence-electron chi connectivity index (χ1n) is 5.50. The highest BCUT2D eigenvalue weighted by atomic mass is 16.5. The molecule has 0 aliphatic carbocycles. The summed E-state index contributed by atoms with van der Waals surface area (Å²) in [7, 11) is 1.44. The molecule has 0 heterocycles. The van der Waals surface area contributed by atoms with E-state index in [4.69, 9.17) is 9.84 Å². The average molecular weight is 251 g/mol. The van der Waals surface area contributed by atoms with Crippen molar-refractivity contribution in [3.8, 4) is 0 Å². The van der Waals surface area contributed by atoms with E-state index < -0.39 is 11.4 Å². The van der Waals surface area contributed by atoms with Crippen LogP contribution in [-0.4, -0.2) is 30.7 Å². The van der Waals surface area contributed by atoms with Crippen molar-refractivity contribution in [1.29, 1.82) is 0 Å². The summed E-state index contributed by atoms with van der Waals surface area (Å²) in [4.78, 5) is 22.4. The van der Waals surface area contributed by atoms with Crippen LogP contribution < -0.4 is 5.32 Å². The Morgan fingerprint density at radius 3 is 2.28 bits per heavy atom. The van der Waals surface area contributed by atoms with Crippen LogP contribution >= 0.6 is 0 Å². The molecule has 0 bridgehead atoms. The molecule has 1 amide bonds. The average Bonchev–Trinajstić information content (AvgIpc) is 2.29. The molecule has 1 rings (SSSR count). The SMILES string of the molecule is COCC(=O)Nc1ccc(C(C)(C)C(=O)O)cc1. The van der Waals surface area contributed by atoms with E-state index in [1.165, 1.54) is 7.11 Å². The van der Waals surface area contributed by atoms with Gasteiger partial charge in [-0.15, -0.1) is 0 Å². The molecule has 18 heavy (non-hydrogen) atoms. The van der Waals surface area contributed by atoms with Gasteiger partial charge < -0.3 is 15.2 Å². The van der Waals surface area contributed by atoms with Gasteiger partial charge in [-0.05, 0) is 31.5 Å². The molecular weight excluding hydrogens is 234 g/mol. The number of carboxylic acid groups (broad SMARTS) is 1. The normalized spacial score (nSPS) is 11.1. The van der Waals surface area contributed by atoms with Crippen LogP contribution in [0.2, 0.25) is 0 Å². The number of carbonyl (C=O) groups is 2. The summed E-state index contributed by atoms with van der Waals surface area (Å²) in [5.41, 5.74) is 0.344. The van der Waals surface area contributed by atoms with E-state index in [1.54, 1.807) is 38.1 Å². The van der Waals surface area contributed by atoms with Crippen molar-refractivity contribution in [3.05, 3.63) is 29.8 Å². The first-order valence-corrected chi connectivity index (χ1v) is 5.50. The predicted octanol–water partition coefficient (Wildman–Crippen LogP) is 1.63. The predicted molar refractivity (Wildman–Crippen MR) is 67.6 cm³/mol. The lowest BCUT2D eigenvalue weighted by molar-refractivity contribution is -0.142. The molecule has 0 spiro atoms. The Kier molecular flexibility index (Phi) is 4.44. The zero-order valence-electron chi connectivity index (χ0n) is 10.7. The van der Waals surface area contributed by atoms with E-state index in [0.717, 1.165) is 0 Å². The van der Waals surface area contributed by atoms with Gasteiger partial charge in [0.25, 0.3) is 0 Å². The van der Waals surface area contributed by atoms with E-state index in [1.807, 2.05) is 0 Å². The molecule has 1 aromatic carbocycles. The molecule has 0 aliphatic heterocycles. The topological polar surface area (TPSA) is 75.6 Å². The number of ether oxygens (including phenoxy) is 1. The third-order valence-electron chi connectivity index (χ3n) is 2.70. The number of nitrogens with one attached hydrogen (secondary N) is 1. The van der Waals surface area contributed by atoms with Gasteiger partial charge in [-0.1, -0.05) is 12.1 Å². The van der Waals surface area contributed by atoms with Crippen molar-refractivity contribution >= 4 is 17.6 Å². The van der Waals surface area contributed by atoms with Crippen LogP contribution in [0.15, 0.2) is 24.3 Å². The van der Waals surface area contributed by atoms with Crippen LogP contribution in [0.5, 0.6) is 0 Å². The molecule has 0 aliphatic rings. The van der Waals surface area contributed by atoms with Crippen molar-refractivity contribution in [2.24, 2.45) is 0 Å². The highest BCUT2D eigenvalue weighted by molar-refractivity contribution is 5.91. The highest BCUT2D eigenvalue weighted by Gasteiger charge is 2.29. The molecular formula is C13H17NO4. The number of hydrogen-bond acceptors (Lipinski definition) is 3. The van der Waals surface area contributed by atoms with Gasteiger partial charge in [-0.25, -0.2) is 0 Å². The Bertz CT molecular complexity index is 437.